The lowest BCUT2D eigenvalue weighted by molar-refractivity contribution is -0.140. The molecule has 0 saturated heterocycles. The van der Waals surface area contributed by atoms with Gasteiger partial charge in [-0.05, 0) is 36.6 Å². The van der Waals surface area contributed by atoms with Gasteiger partial charge >= 0.3 is 0 Å². The summed E-state index contributed by atoms with van der Waals surface area (Å²) >= 11 is 0. The summed E-state index contributed by atoms with van der Waals surface area (Å²) in [5.41, 5.74) is 1.97. The molecule has 1 N–H and O–H groups in total. The molecular formula is C30H35N3O6S. The number of hydrogen-bond donors (Lipinski definition) is 1. The fraction of sp³-hybridized carbons (Fsp3) is 0.333. The monoisotopic (exact) mass is 565 g/mol. The second kappa shape index (κ2) is 12.9. The molecule has 2 amide bonds. The Labute approximate surface area is 235 Å². The zero-order valence-electron chi connectivity index (χ0n) is 22.9. The Kier molecular flexibility index (Phi) is 9.31. The van der Waals surface area contributed by atoms with Crippen LogP contribution in [-0.4, -0.2) is 56.8 Å². The van der Waals surface area contributed by atoms with Crippen LogP contribution in [0.1, 0.15) is 31.4 Å². The number of benzene rings is 3. The van der Waals surface area contributed by atoms with Gasteiger partial charge in [-0.15, -0.1) is 0 Å². The third-order valence-corrected chi connectivity index (χ3v) is 7.93. The van der Waals surface area contributed by atoms with E-state index in [0.717, 1.165) is 28.1 Å². The summed E-state index contributed by atoms with van der Waals surface area (Å²) in [6.07, 6.45) is 2.04. The molecule has 0 spiro atoms. The van der Waals surface area contributed by atoms with E-state index in [1.807, 2.05) is 74.5 Å². The number of fused-ring (bicyclic) bond motifs is 1. The van der Waals surface area contributed by atoms with Gasteiger partial charge in [0.2, 0.25) is 28.6 Å². The van der Waals surface area contributed by atoms with Crippen molar-refractivity contribution >= 4 is 27.5 Å². The number of nitrogens with one attached hydrogen (secondary N) is 1. The van der Waals surface area contributed by atoms with Crippen LogP contribution < -0.4 is 19.1 Å². The lowest BCUT2D eigenvalue weighted by atomic mass is 10.0. The van der Waals surface area contributed by atoms with Crippen LogP contribution in [0.4, 0.5) is 5.69 Å². The zero-order chi connectivity index (χ0) is 28.7. The highest BCUT2D eigenvalue weighted by Crippen LogP contribution is 2.36. The summed E-state index contributed by atoms with van der Waals surface area (Å²) in [4.78, 5) is 29.2. The van der Waals surface area contributed by atoms with Gasteiger partial charge in [-0.1, -0.05) is 67.6 Å². The van der Waals surface area contributed by atoms with Gasteiger partial charge in [0, 0.05) is 25.1 Å². The molecule has 9 nitrogen and oxygen atoms in total. The van der Waals surface area contributed by atoms with Crippen LogP contribution in [0.25, 0.3) is 0 Å². The second-order valence-electron chi connectivity index (χ2n) is 9.84. The predicted molar refractivity (Wildman–Crippen MR) is 154 cm³/mol. The standard InChI is InChI=1S/C30H35N3O6S/c1-4-22(2)31-30(35)26(17-23-11-7-5-8-12-23)32(19-24-13-9-6-10-14-24)29(34)20-33(40(3,36)37)25-15-16-27-28(18-25)39-21-38-27/h5-16,18,22,26H,4,17,19-21H2,1-3H3,(H,31,35)/t22-,26-/m1/s1. The topological polar surface area (TPSA) is 105 Å². The average molecular weight is 566 g/mol. The number of rotatable bonds is 12. The van der Waals surface area contributed by atoms with Gasteiger partial charge in [0.05, 0.1) is 11.9 Å². The van der Waals surface area contributed by atoms with Crippen LogP contribution in [-0.2, 0) is 32.6 Å². The molecule has 40 heavy (non-hydrogen) atoms. The Hall–Kier alpha value is -4.05. The van der Waals surface area contributed by atoms with Crippen molar-refractivity contribution in [3.05, 3.63) is 90.0 Å². The first-order valence-electron chi connectivity index (χ1n) is 13.2. The molecule has 1 aliphatic rings. The fourth-order valence-corrected chi connectivity index (χ4v) is 5.27. The largest absolute Gasteiger partial charge is 0.454 e. The van der Waals surface area contributed by atoms with Gasteiger partial charge in [-0.3, -0.25) is 13.9 Å². The molecule has 1 heterocycles. The van der Waals surface area contributed by atoms with Gasteiger partial charge < -0.3 is 19.7 Å². The summed E-state index contributed by atoms with van der Waals surface area (Å²) in [6.45, 7) is 3.55. The van der Waals surface area contributed by atoms with E-state index in [1.165, 1.54) is 11.0 Å². The molecule has 3 aromatic carbocycles. The Balaban J connectivity index is 1.71. The highest BCUT2D eigenvalue weighted by molar-refractivity contribution is 7.92. The first-order chi connectivity index (χ1) is 19.2. The molecule has 0 saturated carbocycles. The number of anilines is 1. The maximum absolute atomic E-state index is 14.1. The molecule has 0 unspecified atom stereocenters. The molecule has 3 aromatic rings. The van der Waals surface area contributed by atoms with E-state index in [2.05, 4.69) is 5.32 Å². The van der Waals surface area contributed by atoms with E-state index in [9.17, 15) is 18.0 Å². The molecule has 1 aliphatic heterocycles. The molecule has 0 radical (unpaired) electrons. The SMILES string of the molecule is CC[C@@H](C)NC(=O)[C@@H](Cc1ccccc1)N(Cc1ccccc1)C(=O)CN(c1ccc2c(c1)OCO2)S(C)(=O)=O. The summed E-state index contributed by atoms with van der Waals surface area (Å²) in [5, 5.41) is 3.02. The second-order valence-corrected chi connectivity index (χ2v) is 11.7. The minimum absolute atomic E-state index is 0.0356. The molecule has 0 bridgehead atoms. The first-order valence-corrected chi connectivity index (χ1v) is 15.1. The van der Waals surface area contributed by atoms with Crippen molar-refractivity contribution in [1.29, 1.82) is 0 Å². The van der Waals surface area contributed by atoms with Crippen molar-refractivity contribution in [1.82, 2.24) is 10.2 Å². The Morgan fingerprint density at radius 3 is 2.17 bits per heavy atom. The smallest absolute Gasteiger partial charge is 0.244 e. The van der Waals surface area contributed by atoms with Gasteiger partial charge in [0.25, 0.3) is 0 Å². The molecule has 2 atom stereocenters. The molecule has 4 rings (SSSR count). The predicted octanol–water partition coefficient (Wildman–Crippen LogP) is 3.74. The van der Waals surface area contributed by atoms with Crippen LogP contribution in [0.2, 0.25) is 0 Å². The number of sulfonamides is 1. The molecule has 0 fully saturated rings. The summed E-state index contributed by atoms with van der Waals surface area (Å²) < 4.78 is 37.7. The Bertz CT molecular complexity index is 1420. The van der Waals surface area contributed by atoms with Crippen LogP contribution >= 0.6 is 0 Å². The van der Waals surface area contributed by atoms with Crippen LogP contribution in [0.3, 0.4) is 0 Å². The van der Waals surface area contributed by atoms with Crippen LogP contribution in [0.15, 0.2) is 78.9 Å². The van der Waals surface area contributed by atoms with Crippen molar-refractivity contribution in [2.75, 3.05) is 23.9 Å². The average Bonchev–Trinajstić information content (AvgIpc) is 3.42. The normalized spacial score (nSPS) is 13.8. The highest BCUT2D eigenvalue weighted by atomic mass is 32.2. The molecule has 0 aliphatic carbocycles. The van der Waals surface area contributed by atoms with E-state index >= 15 is 0 Å². The fourth-order valence-electron chi connectivity index (χ4n) is 4.43. The van der Waals surface area contributed by atoms with Crippen molar-refractivity contribution in [2.45, 2.75) is 45.3 Å². The number of nitrogens with zero attached hydrogens (tertiary/aromatic N) is 2. The van der Waals surface area contributed by atoms with Crippen molar-refractivity contribution in [3.63, 3.8) is 0 Å². The Morgan fingerprint density at radius 2 is 1.55 bits per heavy atom. The van der Waals surface area contributed by atoms with Gasteiger partial charge in [-0.2, -0.15) is 0 Å². The minimum atomic E-state index is -3.88. The maximum Gasteiger partial charge on any atom is 0.244 e. The maximum atomic E-state index is 14.1. The first kappa shape index (κ1) is 28.9. The third kappa shape index (κ3) is 7.32. The summed E-state index contributed by atoms with van der Waals surface area (Å²) in [6, 6.07) is 22.6. The quantitative estimate of drug-likeness (QED) is 0.359. The minimum Gasteiger partial charge on any atom is -0.454 e. The lowest BCUT2D eigenvalue weighted by Gasteiger charge is -2.34. The van der Waals surface area contributed by atoms with Crippen molar-refractivity contribution in [3.8, 4) is 11.5 Å². The van der Waals surface area contributed by atoms with Crippen LogP contribution in [0.5, 0.6) is 11.5 Å². The van der Waals surface area contributed by atoms with Gasteiger partial charge in [0.15, 0.2) is 11.5 Å². The van der Waals surface area contributed by atoms with Crippen molar-refractivity contribution in [2.24, 2.45) is 0 Å². The van der Waals surface area contributed by atoms with E-state index in [0.29, 0.717) is 11.5 Å². The zero-order valence-corrected chi connectivity index (χ0v) is 23.8. The van der Waals surface area contributed by atoms with E-state index in [-0.39, 0.29) is 37.4 Å². The number of ether oxygens (including phenoxy) is 2. The molecule has 0 aromatic heterocycles. The van der Waals surface area contributed by atoms with Gasteiger partial charge in [-0.25, -0.2) is 8.42 Å². The van der Waals surface area contributed by atoms with E-state index in [4.69, 9.17) is 9.47 Å². The number of carbonyl (C=O) groups excluding carboxylic acids is 2. The van der Waals surface area contributed by atoms with Crippen LogP contribution in [0, 0.1) is 0 Å². The number of amides is 2. The highest BCUT2D eigenvalue weighted by Gasteiger charge is 2.33. The third-order valence-electron chi connectivity index (χ3n) is 6.79. The number of hydrogen-bond acceptors (Lipinski definition) is 6. The van der Waals surface area contributed by atoms with Gasteiger partial charge in [0.1, 0.15) is 12.6 Å². The number of carbonyl (C=O) groups is 2. The lowest BCUT2D eigenvalue weighted by Crippen LogP contribution is -2.54. The Morgan fingerprint density at radius 1 is 0.925 bits per heavy atom. The molecule has 212 valence electrons. The van der Waals surface area contributed by atoms with E-state index in [1.54, 1.807) is 12.1 Å². The molecule has 10 heteroatoms. The summed E-state index contributed by atoms with van der Waals surface area (Å²) in [7, 11) is -3.88. The van der Waals surface area contributed by atoms with E-state index < -0.39 is 28.5 Å². The van der Waals surface area contributed by atoms with Crippen molar-refractivity contribution < 1.29 is 27.5 Å². The molecular weight excluding hydrogens is 530 g/mol. The summed E-state index contributed by atoms with van der Waals surface area (Å²) in [5.74, 6) is 0.0946.